The molecule has 1 fully saturated rings. The molecule has 6 heteroatoms. The number of nitrogens with two attached hydrogens (primary N) is 1. The van der Waals surface area contributed by atoms with Crippen LogP contribution in [0, 0.1) is 5.92 Å². The summed E-state index contributed by atoms with van der Waals surface area (Å²) in [7, 11) is -3.41. The molecule has 17 heavy (non-hydrogen) atoms. The van der Waals surface area contributed by atoms with Gasteiger partial charge in [-0.2, -0.15) is 0 Å². The monoisotopic (exact) mass is 270 g/mol. The highest BCUT2D eigenvalue weighted by Gasteiger charge is 2.36. The Hall–Kier alpha value is -0.980. The van der Waals surface area contributed by atoms with Crippen molar-refractivity contribution < 1.29 is 8.42 Å². The zero-order chi connectivity index (χ0) is 12.6. The third-order valence-electron chi connectivity index (χ3n) is 2.87. The first-order valence-corrected chi connectivity index (χ1v) is 7.21. The van der Waals surface area contributed by atoms with Crippen molar-refractivity contribution in [3.63, 3.8) is 0 Å². The summed E-state index contributed by atoms with van der Waals surface area (Å²) in [6, 6.07) is 6.35. The number of rotatable bonds is 4. The molecule has 1 aromatic carbocycles. The molecule has 1 aliphatic carbocycles. The summed E-state index contributed by atoms with van der Waals surface area (Å²) >= 11 is 4.81. The molecule has 0 bridgehead atoms. The van der Waals surface area contributed by atoms with Crippen LogP contribution < -0.4 is 10.5 Å². The van der Waals surface area contributed by atoms with Gasteiger partial charge in [0.25, 0.3) is 0 Å². The van der Waals surface area contributed by atoms with Gasteiger partial charge < -0.3 is 5.73 Å². The number of thiocarbonyl (C=S) groups is 1. The molecular formula is C11H14N2O2S2. The van der Waals surface area contributed by atoms with Crippen molar-refractivity contribution in [1.82, 2.24) is 4.72 Å². The molecule has 2 rings (SSSR count). The van der Waals surface area contributed by atoms with Crippen molar-refractivity contribution in [3.05, 3.63) is 29.8 Å². The van der Waals surface area contributed by atoms with E-state index in [-0.39, 0.29) is 15.9 Å². The second kappa shape index (κ2) is 4.36. The van der Waals surface area contributed by atoms with Gasteiger partial charge in [-0.3, -0.25) is 0 Å². The molecule has 2 atom stereocenters. The summed E-state index contributed by atoms with van der Waals surface area (Å²) in [5, 5.41) is 0. The van der Waals surface area contributed by atoms with Gasteiger partial charge in [-0.25, -0.2) is 13.1 Å². The summed E-state index contributed by atoms with van der Waals surface area (Å²) in [6.07, 6.45) is 0.907. The van der Waals surface area contributed by atoms with Crippen molar-refractivity contribution in [2.45, 2.75) is 24.3 Å². The maximum Gasteiger partial charge on any atom is 0.240 e. The fraction of sp³-hybridized carbons (Fsp3) is 0.364. The van der Waals surface area contributed by atoms with Crippen LogP contribution in [0.2, 0.25) is 0 Å². The number of hydrogen-bond donors (Lipinski definition) is 2. The van der Waals surface area contributed by atoms with E-state index in [1.165, 1.54) is 12.1 Å². The van der Waals surface area contributed by atoms with Gasteiger partial charge >= 0.3 is 0 Å². The molecule has 0 aliphatic heterocycles. The van der Waals surface area contributed by atoms with Gasteiger partial charge in [-0.1, -0.05) is 31.3 Å². The van der Waals surface area contributed by atoms with Crippen molar-refractivity contribution in [2.24, 2.45) is 11.7 Å². The Morgan fingerprint density at radius 1 is 1.41 bits per heavy atom. The Labute approximate surface area is 106 Å². The smallest absolute Gasteiger partial charge is 0.240 e. The van der Waals surface area contributed by atoms with E-state index in [0.717, 1.165) is 6.42 Å². The first kappa shape index (κ1) is 12.5. The zero-order valence-corrected chi connectivity index (χ0v) is 11.0. The fourth-order valence-electron chi connectivity index (χ4n) is 1.55. The normalized spacial score (nSPS) is 23.4. The van der Waals surface area contributed by atoms with E-state index < -0.39 is 10.0 Å². The van der Waals surface area contributed by atoms with Crippen molar-refractivity contribution >= 4 is 27.2 Å². The molecule has 0 saturated heterocycles. The standard InChI is InChI=1S/C11H14N2O2S2/c1-7-6-10(7)13-17(14,15)9-4-2-8(3-5-9)11(12)16/h2-5,7,10,13H,6H2,1H3,(H2,12,16). The van der Waals surface area contributed by atoms with Gasteiger partial charge in [-0.05, 0) is 24.5 Å². The summed E-state index contributed by atoms with van der Waals surface area (Å²) < 4.78 is 26.5. The lowest BCUT2D eigenvalue weighted by Crippen LogP contribution is -2.26. The minimum absolute atomic E-state index is 0.0789. The van der Waals surface area contributed by atoms with Crippen LogP contribution in [0.4, 0.5) is 0 Å². The summed E-state index contributed by atoms with van der Waals surface area (Å²) in [5.41, 5.74) is 6.11. The van der Waals surface area contributed by atoms with E-state index in [4.69, 9.17) is 18.0 Å². The first-order chi connectivity index (χ1) is 7.90. The van der Waals surface area contributed by atoms with E-state index in [2.05, 4.69) is 4.72 Å². The molecule has 0 radical (unpaired) electrons. The van der Waals surface area contributed by atoms with Crippen molar-refractivity contribution in [1.29, 1.82) is 0 Å². The van der Waals surface area contributed by atoms with Gasteiger partial charge in [0.1, 0.15) is 4.99 Å². The quantitative estimate of drug-likeness (QED) is 0.801. The maximum absolute atomic E-state index is 11.9. The number of hydrogen-bond acceptors (Lipinski definition) is 3. The Morgan fingerprint density at radius 3 is 2.35 bits per heavy atom. The van der Waals surface area contributed by atoms with Crippen LogP contribution in [0.5, 0.6) is 0 Å². The van der Waals surface area contributed by atoms with Crippen LogP contribution in [0.15, 0.2) is 29.2 Å². The van der Waals surface area contributed by atoms with E-state index in [1.807, 2.05) is 6.92 Å². The number of benzene rings is 1. The van der Waals surface area contributed by atoms with E-state index in [9.17, 15) is 8.42 Å². The largest absolute Gasteiger partial charge is 0.389 e. The average Bonchev–Trinajstić information content (AvgIpc) is 2.93. The molecule has 92 valence electrons. The minimum atomic E-state index is -3.41. The third-order valence-corrected chi connectivity index (χ3v) is 4.61. The zero-order valence-electron chi connectivity index (χ0n) is 9.38. The van der Waals surface area contributed by atoms with E-state index >= 15 is 0 Å². The Balaban J connectivity index is 2.18. The molecule has 1 saturated carbocycles. The van der Waals surface area contributed by atoms with Crippen LogP contribution in [0.25, 0.3) is 0 Å². The predicted octanol–water partition coefficient (Wildman–Crippen LogP) is 1.01. The SMILES string of the molecule is CC1CC1NS(=O)(=O)c1ccc(C(N)=S)cc1. The first-order valence-electron chi connectivity index (χ1n) is 5.32. The summed E-state index contributed by atoms with van der Waals surface area (Å²) in [5.74, 6) is 0.431. The van der Waals surface area contributed by atoms with Crippen LogP contribution >= 0.6 is 12.2 Å². The molecule has 1 aliphatic rings. The van der Waals surface area contributed by atoms with Crippen LogP contribution in [0.3, 0.4) is 0 Å². The molecular weight excluding hydrogens is 256 g/mol. The summed E-state index contributed by atoms with van der Waals surface area (Å²) in [6.45, 7) is 2.02. The van der Waals surface area contributed by atoms with Gasteiger partial charge in [0.2, 0.25) is 10.0 Å². The molecule has 4 nitrogen and oxygen atoms in total. The Kier molecular flexibility index (Phi) is 3.20. The van der Waals surface area contributed by atoms with Gasteiger partial charge in [-0.15, -0.1) is 0 Å². The van der Waals surface area contributed by atoms with Gasteiger partial charge in [0, 0.05) is 11.6 Å². The van der Waals surface area contributed by atoms with Gasteiger partial charge in [0.15, 0.2) is 0 Å². The molecule has 0 heterocycles. The average molecular weight is 270 g/mol. The highest BCUT2D eigenvalue weighted by molar-refractivity contribution is 7.89. The molecule has 0 spiro atoms. The Bertz CT molecular complexity index is 537. The lowest BCUT2D eigenvalue weighted by atomic mass is 10.2. The topological polar surface area (TPSA) is 72.2 Å². The minimum Gasteiger partial charge on any atom is -0.389 e. The molecule has 0 aromatic heterocycles. The second-order valence-corrected chi connectivity index (χ2v) is 6.48. The predicted molar refractivity (Wildman–Crippen MR) is 70.2 cm³/mol. The van der Waals surface area contributed by atoms with E-state index in [0.29, 0.717) is 11.5 Å². The molecule has 2 unspecified atom stereocenters. The van der Waals surface area contributed by atoms with Gasteiger partial charge in [0.05, 0.1) is 4.90 Å². The van der Waals surface area contributed by atoms with Crippen molar-refractivity contribution in [3.8, 4) is 0 Å². The lowest BCUT2D eigenvalue weighted by Gasteiger charge is -2.06. The van der Waals surface area contributed by atoms with Crippen molar-refractivity contribution in [2.75, 3.05) is 0 Å². The number of nitrogens with one attached hydrogen (secondary N) is 1. The lowest BCUT2D eigenvalue weighted by molar-refractivity contribution is 0.578. The maximum atomic E-state index is 11.9. The molecule has 3 N–H and O–H groups in total. The summed E-state index contributed by atoms with van der Waals surface area (Å²) in [4.78, 5) is 0.509. The number of sulfonamides is 1. The third kappa shape index (κ3) is 2.83. The molecule has 1 aromatic rings. The highest BCUT2D eigenvalue weighted by atomic mass is 32.2. The second-order valence-electron chi connectivity index (χ2n) is 4.33. The van der Waals surface area contributed by atoms with E-state index in [1.54, 1.807) is 12.1 Å². The molecule has 0 amide bonds. The van der Waals surface area contributed by atoms with Crippen LogP contribution in [-0.2, 0) is 10.0 Å². The highest BCUT2D eigenvalue weighted by Crippen LogP contribution is 2.30. The fourth-order valence-corrected chi connectivity index (χ4v) is 3.05. The van der Waals surface area contributed by atoms with Crippen LogP contribution in [0.1, 0.15) is 18.9 Å². The Morgan fingerprint density at radius 2 is 1.94 bits per heavy atom. The van der Waals surface area contributed by atoms with Crippen LogP contribution in [-0.4, -0.2) is 19.4 Å².